The maximum Gasteiger partial charge on any atom is 0.0928 e. The SMILES string of the molecule is CCc1nc(C)c([C@@H](C)N(C)Cc2cc(C)ccc2C)s1. The highest BCUT2D eigenvalue weighted by atomic mass is 32.1. The second kappa shape index (κ2) is 6.71. The first-order chi connectivity index (χ1) is 9.92. The highest BCUT2D eigenvalue weighted by molar-refractivity contribution is 7.11. The average molecular weight is 302 g/mol. The Labute approximate surface area is 132 Å². The van der Waals surface area contributed by atoms with E-state index in [1.807, 2.05) is 11.3 Å². The maximum absolute atomic E-state index is 4.66. The summed E-state index contributed by atoms with van der Waals surface area (Å²) in [6, 6.07) is 7.11. The third kappa shape index (κ3) is 3.72. The van der Waals surface area contributed by atoms with Crippen molar-refractivity contribution in [3.05, 3.63) is 50.5 Å². The predicted octanol–water partition coefficient (Wildman–Crippen LogP) is 4.82. The van der Waals surface area contributed by atoms with E-state index in [1.165, 1.54) is 32.3 Å². The number of aryl methyl sites for hydroxylation is 4. The topological polar surface area (TPSA) is 16.1 Å². The summed E-state index contributed by atoms with van der Waals surface area (Å²) in [5.41, 5.74) is 5.31. The van der Waals surface area contributed by atoms with Crippen LogP contribution < -0.4 is 0 Å². The molecule has 0 fully saturated rings. The monoisotopic (exact) mass is 302 g/mol. The van der Waals surface area contributed by atoms with Gasteiger partial charge in [0.1, 0.15) is 0 Å². The van der Waals surface area contributed by atoms with Crippen LogP contribution in [0.1, 0.15) is 52.2 Å². The lowest BCUT2D eigenvalue weighted by Gasteiger charge is -2.25. The highest BCUT2D eigenvalue weighted by Gasteiger charge is 2.18. The van der Waals surface area contributed by atoms with Crippen molar-refractivity contribution < 1.29 is 0 Å². The van der Waals surface area contributed by atoms with Gasteiger partial charge in [-0.05, 0) is 52.3 Å². The van der Waals surface area contributed by atoms with Crippen LogP contribution in [0, 0.1) is 20.8 Å². The van der Waals surface area contributed by atoms with Crippen molar-refractivity contribution in [2.75, 3.05) is 7.05 Å². The van der Waals surface area contributed by atoms with E-state index < -0.39 is 0 Å². The fourth-order valence-electron chi connectivity index (χ4n) is 2.58. The van der Waals surface area contributed by atoms with Gasteiger partial charge >= 0.3 is 0 Å². The Hall–Kier alpha value is -1.19. The van der Waals surface area contributed by atoms with Gasteiger partial charge in [0.2, 0.25) is 0 Å². The lowest BCUT2D eigenvalue weighted by atomic mass is 10.0. The van der Waals surface area contributed by atoms with Crippen LogP contribution in [-0.4, -0.2) is 16.9 Å². The van der Waals surface area contributed by atoms with Crippen molar-refractivity contribution in [3.8, 4) is 0 Å². The van der Waals surface area contributed by atoms with Gasteiger partial charge in [0.15, 0.2) is 0 Å². The van der Waals surface area contributed by atoms with Crippen molar-refractivity contribution in [1.82, 2.24) is 9.88 Å². The molecule has 2 aromatic rings. The van der Waals surface area contributed by atoms with E-state index in [-0.39, 0.29) is 0 Å². The normalized spacial score (nSPS) is 12.9. The van der Waals surface area contributed by atoms with Crippen LogP contribution in [0.15, 0.2) is 18.2 Å². The lowest BCUT2D eigenvalue weighted by molar-refractivity contribution is 0.255. The number of rotatable bonds is 5. The first kappa shape index (κ1) is 16.2. The summed E-state index contributed by atoms with van der Waals surface area (Å²) in [5.74, 6) is 0. The summed E-state index contributed by atoms with van der Waals surface area (Å²) >= 11 is 1.86. The van der Waals surface area contributed by atoms with Crippen molar-refractivity contribution in [1.29, 1.82) is 0 Å². The number of thiazole rings is 1. The summed E-state index contributed by atoms with van der Waals surface area (Å²) in [6.07, 6.45) is 1.03. The molecule has 1 heterocycles. The second-order valence-corrected chi connectivity index (χ2v) is 7.05. The predicted molar refractivity (Wildman–Crippen MR) is 92.0 cm³/mol. The Morgan fingerprint density at radius 2 is 1.95 bits per heavy atom. The quantitative estimate of drug-likeness (QED) is 0.787. The van der Waals surface area contributed by atoms with E-state index in [0.29, 0.717) is 6.04 Å². The van der Waals surface area contributed by atoms with Crippen molar-refractivity contribution >= 4 is 11.3 Å². The molecule has 0 spiro atoms. The Balaban J connectivity index is 2.17. The molecule has 0 aliphatic carbocycles. The zero-order valence-electron chi connectivity index (χ0n) is 14.0. The third-order valence-electron chi connectivity index (χ3n) is 4.14. The van der Waals surface area contributed by atoms with Gasteiger partial charge in [-0.3, -0.25) is 4.90 Å². The van der Waals surface area contributed by atoms with Gasteiger partial charge in [0.05, 0.1) is 10.7 Å². The number of benzene rings is 1. The summed E-state index contributed by atoms with van der Waals surface area (Å²) in [5, 5.41) is 1.24. The minimum atomic E-state index is 0.405. The molecule has 0 amide bonds. The number of hydrogen-bond donors (Lipinski definition) is 0. The molecule has 1 aromatic carbocycles. The summed E-state index contributed by atoms with van der Waals surface area (Å²) in [7, 11) is 2.21. The second-order valence-electron chi connectivity index (χ2n) is 5.93. The zero-order chi connectivity index (χ0) is 15.6. The lowest BCUT2D eigenvalue weighted by Crippen LogP contribution is -2.22. The van der Waals surface area contributed by atoms with Gasteiger partial charge in [-0.1, -0.05) is 30.7 Å². The van der Waals surface area contributed by atoms with Gasteiger partial charge < -0.3 is 0 Å². The van der Waals surface area contributed by atoms with Gasteiger partial charge in [0, 0.05) is 17.5 Å². The molecule has 114 valence electrons. The Morgan fingerprint density at radius 3 is 2.57 bits per heavy atom. The average Bonchev–Trinajstić information content (AvgIpc) is 2.83. The van der Waals surface area contributed by atoms with Crippen molar-refractivity contribution in [2.24, 2.45) is 0 Å². The maximum atomic E-state index is 4.66. The molecule has 1 aromatic heterocycles. The van der Waals surface area contributed by atoms with Crippen LogP contribution >= 0.6 is 11.3 Å². The van der Waals surface area contributed by atoms with Gasteiger partial charge in [-0.15, -0.1) is 11.3 Å². The first-order valence-corrected chi connectivity index (χ1v) is 8.46. The molecule has 0 unspecified atom stereocenters. The van der Waals surface area contributed by atoms with Crippen molar-refractivity contribution in [2.45, 2.75) is 53.6 Å². The van der Waals surface area contributed by atoms with Crippen LogP contribution in [-0.2, 0) is 13.0 Å². The molecule has 3 heteroatoms. The summed E-state index contributed by atoms with van der Waals surface area (Å²) in [4.78, 5) is 8.48. The number of nitrogens with zero attached hydrogens (tertiary/aromatic N) is 2. The van der Waals surface area contributed by atoms with E-state index >= 15 is 0 Å². The van der Waals surface area contributed by atoms with Gasteiger partial charge in [-0.25, -0.2) is 4.98 Å². The number of aromatic nitrogens is 1. The Kier molecular flexibility index (Phi) is 5.17. The van der Waals surface area contributed by atoms with Crippen LogP contribution in [0.2, 0.25) is 0 Å². The van der Waals surface area contributed by atoms with Crippen LogP contribution in [0.4, 0.5) is 0 Å². The molecule has 2 nitrogen and oxygen atoms in total. The highest BCUT2D eigenvalue weighted by Crippen LogP contribution is 2.30. The molecule has 0 saturated heterocycles. The summed E-state index contributed by atoms with van der Waals surface area (Å²) < 4.78 is 0. The first-order valence-electron chi connectivity index (χ1n) is 7.65. The van der Waals surface area contributed by atoms with E-state index in [2.05, 4.69) is 69.7 Å². The smallest absolute Gasteiger partial charge is 0.0928 e. The molecule has 0 aliphatic heterocycles. The summed E-state index contributed by atoms with van der Waals surface area (Å²) in [6.45, 7) is 11.9. The fourth-order valence-corrected chi connectivity index (χ4v) is 3.71. The molecular formula is C18H26N2S. The van der Waals surface area contributed by atoms with Gasteiger partial charge in [0.25, 0.3) is 0 Å². The van der Waals surface area contributed by atoms with Crippen LogP contribution in [0.5, 0.6) is 0 Å². The molecule has 1 atom stereocenters. The molecule has 0 N–H and O–H groups in total. The molecule has 0 aliphatic rings. The van der Waals surface area contributed by atoms with E-state index in [1.54, 1.807) is 0 Å². The molecule has 0 saturated carbocycles. The Morgan fingerprint density at radius 1 is 1.24 bits per heavy atom. The zero-order valence-corrected chi connectivity index (χ0v) is 14.8. The van der Waals surface area contributed by atoms with E-state index in [4.69, 9.17) is 0 Å². The fraction of sp³-hybridized carbons (Fsp3) is 0.500. The molecule has 0 radical (unpaired) electrons. The third-order valence-corrected chi connectivity index (χ3v) is 5.62. The minimum absolute atomic E-state index is 0.405. The number of hydrogen-bond acceptors (Lipinski definition) is 3. The largest absolute Gasteiger partial charge is 0.294 e. The molecule has 2 rings (SSSR count). The Bertz CT molecular complexity index is 616. The van der Waals surface area contributed by atoms with Crippen molar-refractivity contribution in [3.63, 3.8) is 0 Å². The minimum Gasteiger partial charge on any atom is -0.294 e. The van der Waals surface area contributed by atoms with E-state index in [0.717, 1.165) is 13.0 Å². The van der Waals surface area contributed by atoms with E-state index in [9.17, 15) is 0 Å². The molecule has 0 bridgehead atoms. The standard InChI is InChI=1S/C18H26N2S/c1-7-17-19-14(4)18(21-17)15(5)20(6)11-16-10-12(2)8-9-13(16)3/h8-10,15H,7,11H2,1-6H3/t15-/m1/s1. The van der Waals surface area contributed by atoms with Gasteiger partial charge in [-0.2, -0.15) is 0 Å². The van der Waals surface area contributed by atoms with Crippen LogP contribution in [0.3, 0.4) is 0 Å². The molecular weight excluding hydrogens is 276 g/mol. The molecule has 21 heavy (non-hydrogen) atoms. The van der Waals surface area contributed by atoms with Crippen LogP contribution in [0.25, 0.3) is 0 Å².